The molecule has 82 valence electrons. The van der Waals surface area contributed by atoms with E-state index in [1.165, 1.54) is 7.11 Å². The van der Waals surface area contributed by atoms with Gasteiger partial charge in [0.1, 0.15) is 0 Å². The first-order valence-electron chi connectivity index (χ1n) is 5.16. The number of aliphatic hydroxyl groups is 1. The number of ether oxygens (including phenoxy) is 1. The second-order valence-corrected chi connectivity index (χ2v) is 4.22. The van der Waals surface area contributed by atoms with Gasteiger partial charge in [0.2, 0.25) is 0 Å². The van der Waals surface area contributed by atoms with E-state index in [0.717, 1.165) is 18.4 Å². The number of methoxy groups -OCH3 is 1. The van der Waals surface area contributed by atoms with E-state index in [9.17, 15) is 10.2 Å². The molecule has 1 unspecified atom stereocenters. The van der Waals surface area contributed by atoms with Crippen LogP contribution in [-0.4, -0.2) is 23.4 Å². The number of benzene rings is 1. The molecule has 0 aromatic heterocycles. The summed E-state index contributed by atoms with van der Waals surface area (Å²) in [5.41, 5.74) is 0.861. The van der Waals surface area contributed by atoms with Crippen molar-refractivity contribution in [1.82, 2.24) is 0 Å². The number of hydrogen-bond acceptors (Lipinski definition) is 3. The molecule has 3 heteroatoms. The van der Waals surface area contributed by atoms with Gasteiger partial charge in [-0.3, -0.25) is 0 Å². The maximum absolute atomic E-state index is 9.70. The topological polar surface area (TPSA) is 49.7 Å². The zero-order chi connectivity index (χ0) is 11.1. The van der Waals surface area contributed by atoms with E-state index in [-0.39, 0.29) is 17.3 Å². The largest absolute Gasteiger partial charge is 0.504 e. The summed E-state index contributed by atoms with van der Waals surface area (Å²) < 4.78 is 4.98. The Morgan fingerprint density at radius 3 is 2.47 bits per heavy atom. The molecule has 0 saturated heterocycles. The van der Waals surface area contributed by atoms with Gasteiger partial charge in [0.05, 0.1) is 13.2 Å². The molecule has 1 aliphatic carbocycles. The zero-order valence-corrected chi connectivity index (χ0v) is 9.03. The summed E-state index contributed by atoms with van der Waals surface area (Å²) >= 11 is 0. The number of aliphatic hydroxyl groups excluding tert-OH is 1. The number of aromatic hydroxyl groups is 1. The van der Waals surface area contributed by atoms with Gasteiger partial charge in [0, 0.05) is 5.41 Å². The molecule has 1 aromatic rings. The molecular formula is C12H16O3. The number of phenolic OH excluding ortho intramolecular Hbond substituents is 1. The second kappa shape index (κ2) is 3.42. The molecule has 1 fully saturated rings. The van der Waals surface area contributed by atoms with Crippen LogP contribution in [-0.2, 0) is 5.41 Å². The Kier molecular flexibility index (Phi) is 2.35. The Bertz CT molecular complexity index is 367. The SMILES string of the molecule is COc1ccc(C2(C(C)O)CC2)cc1O. The highest BCUT2D eigenvalue weighted by Gasteiger charge is 2.48. The van der Waals surface area contributed by atoms with Crippen molar-refractivity contribution in [3.8, 4) is 11.5 Å². The summed E-state index contributed by atoms with van der Waals surface area (Å²) in [4.78, 5) is 0. The highest BCUT2D eigenvalue weighted by atomic mass is 16.5. The van der Waals surface area contributed by atoms with Gasteiger partial charge in [-0.05, 0) is 37.5 Å². The molecule has 2 N–H and O–H groups in total. The highest BCUT2D eigenvalue weighted by Crippen LogP contribution is 2.52. The Morgan fingerprint density at radius 2 is 2.07 bits per heavy atom. The normalized spacial score (nSPS) is 19.7. The Morgan fingerprint density at radius 1 is 1.40 bits per heavy atom. The minimum Gasteiger partial charge on any atom is -0.504 e. The first-order valence-corrected chi connectivity index (χ1v) is 5.16. The lowest BCUT2D eigenvalue weighted by molar-refractivity contribution is 0.150. The Labute approximate surface area is 89.3 Å². The molecule has 0 amide bonds. The van der Waals surface area contributed by atoms with Crippen LogP contribution in [0.3, 0.4) is 0 Å². The molecule has 1 saturated carbocycles. The summed E-state index contributed by atoms with van der Waals surface area (Å²) in [7, 11) is 1.52. The predicted molar refractivity (Wildman–Crippen MR) is 57.3 cm³/mol. The molecule has 2 rings (SSSR count). The molecule has 0 bridgehead atoms. The molecular weight excluding hydrogens is 192 g/mol. The van der Waals surface area contributed by atoms with Crippen LogP contribution in [0.2, 0.25) is 0 Å². The van der Waals surface area contributed by atoms with E-state index < -0.39 is 0 Å². The van der Waals surface area contributed by atoms with Crippen molar-refractivity contribution in [1.29, 1.82) is 0 Å². The van der Waals surface area contributed by atoms with E-state index in [1.807, 2.05) is 6.07 Å². The van der Waals surface area contributed by atoms with Crippen LogP contribution in [0.4, 0.5) is 0 Å². The first kappa shape index (κ1) is 10.3. The molecule has 1 aliphatic rings. The summed E-state index contributed by atoms with van der Waals surface area (Å²) in [6.45, 7) is 1.80. The van der Waals surface area contributed by atoms with Gasteiger partial charge >= 0.3 is 0 Å². The monoisotopic (exact) mass is 208 g/mol. The van der Waals surface area contributed by atoms with Gasteiger partial charge in [0.25, 0.3) is 0 Å². The number of hydrogen-bond donors (Lipinski definition) is 2. The van der Waals surface area contributed by atoms with Gasteiger partial charge in [-0.1, -0.05) is 6.07 Å². The Balaban J connectivity index is 2.35. The van der Waals surface area contributed by atoms with Crippen LogP contribution in [0.25, 0.3) is 0 Å². The van der Waals surface area contributed by atoms with Crippen LogP contribution < -0.4 is 4.74 Å². The van der Waals surface area contributed by atoms with E-state index in [0.29, 0.717) is 5.75 Å². The molecule has 1 aromatic carbocycles. The van der Waals surface area contributed by atoms with E-state index in [4.69, 9.17) is 4.74 Å². The van der Waals surface area contributed by atoms with E-state index in [1.54, 1.807) is 19.1 Å². The Hall–Kier alpha value is -1.22. The van der Waals surface area contributed by atoms with Crippen LogP contribution in [0.1, 0.15) is 25.3 Å². The number of phenols is 1. The predicted octanol–water partition coefficient (Wildman–Crippen LogP) is 1.81. The maximum atomic E-state index is 9.70. The van der Waals surface area contributed by atoms with Crippen molar-refractivity contribution >= 4 is 0 Å². The second-order valence-electron chi connectivity index (χ2n) is 4.22. The minimum atomic E-state index is -0.370. The van der Waals surface area contributed by atoms with E-state index >= 15 is 0 Å². The fraction of sp³-hybridized carbons (Fsp3) is 0.500. The van der Waals surface area contributed by atoms with Gasteiger partial charge in [0.15, 0.2) is 11.5 Å². The zero-order valence-electron chi connectivity index (χ0n) is 9.03. The molecule has 0 aliphatic heterocycles. The summed E-state index contributed by atoms with van der Waals surface area (Å²) in [5, 5.41) is 19.4. The molecule has 0 radical (unpaired) electrons. The lowest BCUT2D eigenvalue weighted by Gasteiger charge is -2.19. The van der Waals surface area contributed by atoms with Gasteiger partial charge in [-0.15, -0.1) is 0 Å². The lowest BCUT2D eigenvalue weighted by atomic mass is 9.90. The van der Waals surface area contributed by atoms with Gasteiger partial charge in [-0.25, -0.2) is 0 Å². The smallest absolute Gasteiger partial charge is 0.160 e. The molecule has 1 atom stereocenters. The van der Waals surface area contributed by atoms with Crippen molar-refractivity contribution in [3.05, 3.63) is 23.8 Å². The third kappa shape index (κ3) is 1.57. The van der Waals surface area contributed by atoms with Gasteiger partial charge < -0.3 is 14.9 Å². The van der Waals surface area contributed by atoms with Crippen molar-refractivity contribution < 1.29 is 14.9 Å². The van der Waals surface area contributed by atoms with Crippen LogP contribution in [0.5, 0.6) is 11.5 Å². The van der Waals surface area contributed by atoms with Crippen molar-refractivity contribution in [3.63, 3.8) is 0 Å². The molecule has 0 heterocycles. The quantitative estimate of drug-likeness (QED) is 0.796. The summed E-state index contributed by atoms with van der Waals surface area (Å²) in [5.74, 6) is 0.613. The third-order valence-electron chi connectivity index (χ3n) is 3.34. The van der Waals surface area contributed by atoms with Crippen molar-refractivity contribution in [2.24, 2.45) is 0 Å². The first-order chi connectivity index (χ1) is 7.10. The summed E-state index contributed by atoms with van der Waals surface area (Å²) in [6.07, 6.45) is 1.60. The van der Waals surface area contributed by atoms with Crippen LogP contribution in [0.15, 0.2) is 18.2 Å². The number of rotatable bonds is 3. The molecule has 15 heavy (non-hydrogen) atoms. The standard InChI is InChI=1S/C12H16O3/c1-8(13)12(5-6-12)9-3-4-11(15-2)10(14)7-9/h3-4,7-8,13-14H,5-6H2,1-2H3. The molecule has 0 spiro atoms. The third-order valence-corrected chi connectivity index (χ3v) is 3.34. The fourth-order valence-corrected chi connectivity index (χ4v) is 2.08. The van der Waals surface area contributed by atoms with Crippen LogP contribution >= 0.6 is 0 Å². The fourth-order valence-electron chi connectivity index (χ4n) is 2.08. The molecule has 3 nitrogen and oxygen atoms in total. The van der Waals surface area contributed by atoms with Crippen molar-refractivity contribution in [2.75, 3.05) is 7.11 Å². The maximum Gasteiger partial charge on any atom is 0.160 e. The minimum absolute atomic E-state index is 0.135. The average molecular weight is 208 g/mol. The van der Waals surface area contributed by atoms with Gasteiger partial charge in [-0.2, -0.15) is 0 Å². The van der Waals surface area contributed by atoms with Crippen LogP contribution in [0, 0.1) is 0 Å². The highest BCUT2D eigenvalue weighted by molar-refractivity contribution is 5.46. The van der Waals surface area contributed by atoms with E-state index in [2.05, 4.69) is 0 Å². The average Bonchev–Trinajstić information content (AvgIpc) is 2.98. The summed E-state index contributed by atoms with van der Waals surface area (Å²) in [6, 6.07) is 5.35. The van der Waals surface area contributed by atoms with Crippen molar-refractivity contribution in [2.45, 2.75) is 31.3 Å². The lowest BCUT2D eigenvalue weighted by Crippen LogP contribution is -2.22.